The van der Waals surface area contributed by atoms with E-state index in [4.69, 9.17) is 17.5 Å². The van der Waals surface area contributed by atoms with Crippen molar-refractivity contribution in [2.75, 3.05) is 0 Å². The molecule has 3 fully saturated rings. The van der Waals surface area contributed by atoms with E-state index in [9.17, 15) is 0 Å². The minimum absolute atomic E-state index is 0.594. The van der Waals surface area contributed by atoms with Crippen LogP contribution in [0.1, 0.15) is 30.9 Å². The molecule has 0 radical (unpaired) electrons. The van der Waals surface area contributed by atoms with Crippen molar-refractivity contribution in [3.05, 3.63) is 28.5 Å². The molecule has 4 atom stereocenters. The highest BCUT2D eigenvalue weighted by Gasteiger charge is 2.66. The molecule has 5 rings (SSSR count). The van der Waals surface area contributed by atoms with Gasteiger partial charge >= 0.3 is 0 Å². The van der Waals surface area contributed by atoms with Gasteiger partial charge in [0, 0.05) is 6.04 Å². The highest BCUT2D eigenvalue weighted by atomic mass is 32.1. The topological polar surface area (TPSA) is 44.5 Å². The summed E-state index contributed by atoms with van der Waals surface area (Å²) in [7, 11) is 0. The van der Waals surface area contributed by atoms with Gasteiger partial charge in [-0.3, -0.25) is 0 Å². The maximum absolute atomic E-state index is 9.11. The van der Waals surface area contributed by atoms with Crippen molar-refractivity contribution in [3.63, 3.8) is 0 Å². The molecule has 1 aromatic heterocycles. The fourth-order valence-electron chi connectivity index (χ4n) is 5.11. The number of benzene rings is 1. The Kier molecular flexibility index (Phi) is 1.96. The summed E-state index contributed by atoms with van der Waals surface area (Å²) in [5.74, 6) is 3.57. The van der Waals surface area contributed by atoms with Crippen molar-refractivity contribution in [2.45, 2.75) is 25.3 Å². The van der Waals surface area contributed by atoms with Crippen LogP contribution in [0.5, 0.6) is 0 Å². The van der Waals surface area contributed by atoms with E-state index >= 15 is 0 Å². The van der Waals surface area contributed by atoms with Crippen LogP contribution in [0, 0.1) is 39.8 Å². The molecule has 0 spiro atoms. The van der Waals surface area contributed by atoms with E-state index in [1.807, 2.05) is 18.2 Å². The second kappa shape index (κ2) is 3.53. The zero-order chi connectivity index (χ0) is 13.4. The van der Waals surface area contributed by atoms with E-state index in [0.29, 0.717) is 11.6 Å². The van der Waals surface area contributed by atoms with Crippen molar-refractivity contribution in [1.82, 2.24) is 9.55 Å². The number of aromatic amines is 1. The minimum Gasteiger partial charge on any atom is -0.331 e. The molecule has 2 bridgehead atoms. The van der Waals surface area contributed by atoms with Crippen molar-refractivity contribution < 1.29 is 0 Å². The molecule has 1 heterocycles. The van der Waals surface area contributed by atoms with E-state index in [1.54, 1.807) is 0 Å². The van der Waals surface area contributed by atoms with Crippen LogP contribution < -0.4 is 0 Å². The Morgan fingerprint density at radius 1 is 1.25 bits per heavy atom. The summed E-state index contributed by atoms with van der Waals surface area (Å²) in [6.45, 7) is 0. The summed E-state index contributed by atoms with van der Waals surface area (Å²) >= 11 is 5.55. The summed E-state index contributed by atoms with van der Waals surface area (Å²) in [4.78, 5) is 3.31. The quantitative estimate of drug-likeness (QED) is 0.808. The number of nitriles is 1. The van der Waals surface area contributed by atoms with Gasteiger partial charge < -0.3 is 9.55 Å². The number of imidazole rings is 1. The molecular weight excluding hydrogens is 266 g/mol. The number of H-pyrrole nitrogens is 1. The molecule has 0 amide bonds. The van der Waals surface area contributed by atoms with Crippen LogP contribution in [-0.2, 0) is 0 Å². The number of rotatable bonds is 1. The molecule has 4 unspecified atom stereocenters. The van der Waals surface area contributed by atoms with Crippen LogP contribution in [0.15, 0.2) is 18.2 Å². The van der Waals surface area contributed by atoms with Gasteiger partial charge in [-0.25, -0.2) is 0 Å². The Morgan fingerprint density at radius 2 is 2.00 bits per heavy atom. The first-order chi connectivity index (χ1) is 9.78. The molecule has 3 saturated carbocycles. The first kappa shape index (κ1) is 11.1. The number of hydrogen-bond donors (Lipinski definition) is 1. The zero-order valence-electron chi connectivity index (χ0n) is 11.0. The van der Waals surface area contributed by atoms with E-state index in [1.165, 1.54) is 19.3 Å². The summed E-state index contributed by atoms with van der Waals surface area (Å²) in [6, 6.07) is 8.65. The summed E-state index contributed by atoms with van der Waals surface area (Å²) < 4.78 is 3.14. The lowest BCUT2D eigenvalue weighted by Gasteiger charge is -2.11. The molecule has 20 heavy (non-hydrogen) atoms. The third kappa shape index (κ3) is 1.22. The first-order valence-electron chi connectivity index (χ1n) is 7.42. The molecule has 3 aliphatic carbocycles. The van der Waals surface area contributed by atoms with Gasteiger partial charge in [0.2, 0.25) is 0 Å². The molecule has 3 aliphatic rings. The van der Waals surface area contributed by atoms with Gasteiger partial charge in [-0.2, -0.15) is 5.26 Å². The average molecular weight is 281 g/mol. The van der Waals surface area contributed by atoms with Crippen molar-refractivity contribution in [1.29, 1.82) is 5.26 Å². The van der Waals surface area contributed by atoms with Crippen LogP contribution in [0.3, 0.4) is 0 Å². The maximum Gasteiger partial charge on any atom is 0.178 e. The number of fused-ring (bicyclic) bond motifs is 6. The second-order valence-electron chi connectivity index (χ2n) is 6.62. The van der Waals surface area contributed by atoms with Crippen molar-refractivity contribution in [2.24, 2.45) is 23.7 Å². The van der Waals surface area contributed by atoms with Gasteiger partial charge in [-0.05, 0) is 73.4 Å². The Bertz CT molecular complexity index is 808. The largest absolute Gasteiger partial charge is 0.331 e. The molecule has 3 nitrogen and oxygen atoms in total. The number of hydrogen-bond acceptors (Lipinski definition) is 2. The molecule has 1 N–H and O–H groups in total. The number of nitrogens with one attached hydrogen (secondary N) is 1. The molecule has 4 heteroatoms. The SMILES string of the molecule is N#Cc1ccc2[nH]c(=S)n(C3C4C5CCC(C5)C43)c2c1. The normalized spacial score (nSPS) is 37.0. The van der Waals surface area contributed by atoms with Crippen molar-refractivity contribution >= 4 is 23.3 Å². The third-order valence-corrected chi connectivity index (χ3v) is 6.14. The summed E-state index contributed by atoms with van der Waals surface area (Å²) in [5, 5.41) is 9.11. The van der Waals surface area contributed by atoms with Crippen LogP contribution in [0.25, 0.3) is 11.0 Å². The molecule has 100 valence electrons. The predicted molar refractivity (Wildman–Crippen MR) is 78.7 cm³/mol. The summed E-state index contributed by atoms with van der Waals surface area (Å²) in [6.07, 6.45) is 4.29. The minimum atomic E-state index is 0.594. The molecule has 1 aromatic carbocycles. The Labute approximate surface area is 122 Å². The average Bonchev–Trinajstić information content (AvgIpc) is 2.80. The maximum atomic E-state index is 9.11. The van der Waals surface area contributed by atoms with Gasteiger partial charge in [-0.1, -0.05) is 0 Å². The highest BCUT2D eigenvalue weighted by Crippen LogP contribution is 2.71. The molecule has 0 aliphatic heterocycles. The van der Waals surface area contributed by atoms with Gasteiger partial charge in [0.05, 0.1) is 22.7 Å². The molecular formula is C16H15N3S. The highest BCUT2D eigenvalue weighted by molar-refractivity contribution is 7.71. The van der Waals surface area contributed by atoms with Gasteiger partial charge in [0.25, 0.3) is 0 Å². The van der Waals surface area contributed by atoms with E-state index < -0.39 is 0 Å². The Balaban J connectivity index is 1.68. The molecule has 2 aromatic rings. The zero-order valence-corrected chi connectivity index (χ0v) is 11.9. The fraction of sp³-hybridized carbons (Fsp3) is 0.500. The van der Waals surface area contributed by atoms with Crippen LogP contribution in [-0.4, -0.2) is 9.55 Å². The second-order valence-corrected chi connectivity index (χ2v) is 7.01. The van der Waals surface area contributed by atoms with Crippen LogP contribution in [0.2, 0.25) is 0 Å². The van der Waals surface area contributed by atoms with E-state index in [0.717, 1.165) is 39.5 Å². The lowest BCUT2D eigenvalue weighted by Crippen LogP contribution is -2.05. The monoisotopic (exact) mass is 281 g/mol. The first-order valence-corrected chi connectivity index (χ1v) is 7.83. The Hall–Kier alpha value is -1.60. The number of aromatic nitrogens is 2. The molecule has 0 saturated heterocycles. The van der Waals surface area contributed by atoms with Crippen LogP contribution in [0.4, 0.5) is 0 Å². The van der Waals surface area contributed by atoms with E-state index in [-0.39, 0.29) is 0 Å². The van der Waals surface area contributed by atoms with Gasteiger partial charge in [0.1, 0.15) is 0 Å². The van der Waals surface area contributed by atoms with Crippen molar-refractivity contribution in [3.8, 4) is 6.07 Å². The third-order valence-electron chi connectivity index (χ3n) is 5.84. The smallest absolute Gasteiger partial charge is 0.178 e. The summed E-state index contributed by atoms with van der Waals surface area (Å²) in [5.41, 5.74) is 2.90. The lowest BCUT2D eigenvalue weighted by molar-refractivity contribution is 0.456. The van der Waals surface area contributed by atoms with Gasteiger partial charge in [0.15, 0.2) is 4.77 Å². The lowest BCUT2D eigenvalue weighted by atomic mass is 10.0. The fourth-order valence-corrected chi connectivity index (χ4v) is 5.44. The van der Waals surface area contributed by atoms with E-state index in [2.05, 4.69) is 15.6 Å². The number of nitrogens with zero attached hydrogens (tertiary/aromatic N) is 2. The van der Waals surface area contributed by atoms with Crippen LogP contribution >= 0.6 is 12.2 Å². The Morgan fingerprint density at radius 3 is 2.70 bits per heavy atom. The predicted octanol–water partition coefficient (Wildman–Crippen LogP) is 3.79. The van der Waals surface area contributed by atoms with Gasteiger partial charge in [-0.15, -0.1) is 0 Å². The standard InChI is InChI=1S/C16H15N3S/c17-7-8-1-4-11-12(5-8)19(16(20)18-11)15-13-9-2-3-10(6-9)14(13)15/h1,4-5,9-10,13-15H,2-3,6H2,(H,18,20).